The lowest BCUT2D eigenvalue weighted by molar-refractivity contribution is -0.387. The number of nitro groups is 1. The number of hydrogen-bond acceptors (Lipinski definition) is 4. The van der Waals surface area contributed by atoms with E-state index in [4.69, 9.17) is 4.74 Å². The van der Waals surface area contributed by atoms with Crippen LogP contribution in [0.25, 0.3) is 0 Å². The minimum absolute atomic E-state index is 0.0254. The van der Waals surface area contributed by atoms with E-state index in [0.29, 0.717) is 11.8 Å². The molecule has 0 saturated carbocycles. The highest BCUT2D eigenvalue weighted by Gasteiger charge is 2.14. The van der Waals surface area contributed by atoms with Crippen LogP contribution in [0.2, 0.25) is 0 Å². The fraction of sp³-hybridized carbons (Fsp3) is 0.0714. The molecule has 2 rings (SSSR count). The average molecular weight is 293 g/mol. The first-order chi connectivity index (χ1) is 10.0. The smallest absolute Gasteiger partial charge is 0.304 e. The molecule has 0 radical (unpaired) electrons. The Balaban J connectivity index is 2.15. The highest BCUT2D eigenvalue weighted by Crippen LogP contribution is 2.21. The van der Waals surface area contributed by atoms with E-state index in [1.165, 1.54) is 12.1 Å². The van der Waals surface area contributed by atoms with Gasteiger partial charge in [-0.3, -0.25) is 14.9 Å². The van der Waals surface area contributed by atoms with Crippen molar-refractivity contribution in [2.24, 2.45) is 0 Å². The number of benzene rings is 2. The maximum Gasteiger partial charge on any atom is 0.304 e. The van der Waals surface area contributed by atoms with Gasteiger partial charge < -0.3 is 4.74 Å². The normalized spacial score (nSPS) is 10.2. The van der Waals surface area contributed by atoms with Crippen LogP contribution in [-0.4, -0.2) is 11.2 Å². The number of carbonyl (C=O) groups excluding carboxylic acids is 1. The van der Waals surface area contributed by atoms with Gasteiger partial charge in [-0.05, 0) is 35.9 Å². The Morgan fingerprint density at radius 3 is 2.57 bits per heavy atom. The first-order valence-corrected chi connectivity index (χ1v) is 5.81. The molecule has 0 unspecified atom stereocenters. The number of halogens is 2. The number of nitro benzene ring substituents is 1. The van der Waals surface area contributed by atoms with Crippen LogP contribution in [0, 0.1) is 21.7 Å². The maximum atomic E-state index is 13.4. The third-order valence-electron chi connectivity index (χ3n) is 2.70. The van der Waals surface area contributed by atoms with Gasteiger partial charge in [0.2, 0.25) is 5.82 Å². The molecule has 0 fully saturated rings. The number of carbonyl (C=O) groups is 1. The van der Waals surface area contributed by atoms with Gasteiger partial charge in [0.1, 0.15) is 18.2 Å². The Bertz CT molecular complexity index is 703. The molecule has 0 atom stereocenters. The van der Waals surface area contributed by atoms with Gasteiger partial charge >= 0.3 is 5.69 Å². The minimum atomic E-state index is -0.976. The van der Waals surface area contributed by atoms with E-state index in [-0.39, 0.29) is 17.9 Å². The van der Waals surface area contributed by atoms with E-state index in [9.17, 15) is 23.7 Å². The average Bonchev–Trinajstić information content (AvgIpc) is 2.45. The van der Waals surface area contributed by atoms with Crippen LogP contribution in [0.4, 0.5) is 14.5 Å². The van der Waals surface area contributed by atoms with Crippen LogP contribution >= 0.6 is 0 Å². The van der Waals surface area contributed by atoms with Crippen molar-refractivity contribution < 1.29 is 23.2 Å². The van der Waals surface area contributed by atoms with Gasteiger partial charge in [0, 0.05) is 6.07 Å². The number of rotatable bonds is 5. The molecule has 0 aliphatic heterocycles. The van der Waals surface area contributed by atoms with Crippen LogP contribution in [0.5, 0.6) is 5.75 Å². The van der Waals surface area contributed by atoms with Crippen LogP contribution < -0.4 is 4.74 Å². The molecular formula is C14H9F2NO4. The summed E-state index contributed by atoms with van der Waals surface area (Å²) in [6.45, 7) is -0.110. The Morgan fingerprint density at radius 2 is 1.95 bits per heavy atom. The molecule has 5 nitrogen and oxygen atoms in total. The van der Waals surface area contributed by atoms with Crippen LogP contribution in [0.3, 0.4) is 0 Å². The molecule has 0 aliphatic rings. The Kier molecular flexibility index (Phi) is 4.22. The lowest BCUT2D eigenvalue weighted by atomic mass is 10.2. The Morgan fingerprint density at radius 1 is 1.19 bits per heavy atom. The topological polar surface area (TPSA) is 69.4 Å². The standard InChI is InChI=1S/C14H9F2NO4/c15-11-2-4-14(10(6-11)7-18)21-8-9-1-3-13(17(19)20)12(16)5-9/h1-7H,8H2. The van der Waals surface area contributed by atoms with Gasteiger partial charge in [-0.25, -0.2) is 4.39 Å². The molecule has 21 heavy (non-hydrogen) atoms. The van der Waals surface area contributed by atoms with E-state index >= 15 is 0 Å². The van der Waals surface area contributed by atoms with Crippen molar-refractivity contribution >= 4 is 12.0 Å². The number of nitrogens with zero attached hydrogens (tertiary/aromatic N) is 1. The molecule has 0 saturated heterocycles. The molecule has 2 aromatic rings. The second-order valence-electron chi connectivity index (χ2n) is 4.13. The van der Waals surface area contributed by atoms with E-state index < -0.39 is 22.2 Å². The van der Waals surface area contributed by atoms with E-state index in [0.717, 1.165) is 24.3 Å². The van der Waals surface area contributed by atoms with Crippen LogP contribution in [0.1, 0.15) is 15.9 Å². The fourth-order valence-corrected chi connectivity index (χ4v) is 1.69. The van der Waals surface area contributed by atoms with Gasteiger partial charge in [0.05, 0.1) is 10.5 Å². The third-order valence-corrected chi connectivity index (χ3v) is 2.70. The van der Waals surface area contributed by atoms with Gasteiger partial charge in [0.15, 0.2) is 6.29 Å². The first-order valence-electron chi connectivity index (χ1n) is 5.81. The van der Waals surface area contributed by atoms with Crippen molar-refractivity contribution in [3.63, 3.8) is 0 Å². The lowest BCUT2D eigenvalue weighted by Crippen LogP contribution is -2.00. The summed E-state index contributed by atoms with van der Waals surface area (Å²) >= 11 is 0. The monoisotopic (exact) mass is 293 g/mol. The fourth-order valence-electron chi connectivity index (χ4n) is 1.69. The highest BCUT2D eigenvalue weighted by molar-refractivity contribution is 5.79. The van der Waals surface area contributed by atoms with Gasteiger partial charge in [-0.2, -0.15) is 4.39 Å². The molecule has 0 aromatic heterocycles. The molecular weight excluding hydrogens is 284 g/mol. The van der Waals surface area contributed by atoms with Crippen molar-refractivity contribution in [3.8, 4) is 5.75 Å². The quantitative estimate of drug-likeness (QED) is 0.482. The van der Waals surface area contributed by atoms with Crippen molar-refractivity contribution in [1.82, 2.24) is 0 Å². The summed E-state index contributed by atoms with van der Waals surface area (Å²) in [5, 5.41) is 10.5. The summed E-state index contributed by atoms with van der Waals surface area (Å²) in [5.74, 6) is -1.41. The second kappa shape index (κ2) is 6.08. The molecule has 7 heteroatoms. The van der Waals surface area contributed by atoms with Crippen molar-refractivity contribution in [2.45, 2.75) is 6.61 Å². The predicted octanol–water partition coefficient (Wildman–Crippen LogP) is 3.26. The third kappa shape index (κ3) is 3.38. The Labute approximate surface area is 117 Å². The predicted molar refractivity (Wildman–Crippen MR) is 69.2 cm³/mol. The molecule has 0 aliphatic carbocycles. The largest absolute Gasteiger partial charge is 0.488 e. The Hall–Kier alpha value is -2.83. The number of hydrogen-bond donors (Lipinski definition) is 0. The zero-order valence-electron chi connectivity index (χ0n) is 10.6. The molecule has 0 amide bonds. The first kappa shape index (κ1) is 14.6. The van der Waals surface area contributed by atoms with Crippen LogP contribution in [0.15, 0.2) is 36.4 Å². The van der Waals surface area contributed by atoms with E-state index in [1.54, 1.807) is 0 Å². The van der Waals surface area contributed by atoms with Gasteiger partial charge in [-0.1, -0.05) is 0 Å². The summed E-state index contributed by atoms with van der Waals surface area (Å²) in [5.41, 5.74) is -0.259. The van der Waals surface area contributed by atoms with Crippen molar-refractivity contribution in [3.05, 3.63) is 69.3 Å². The maximum absolute atomic E-state index is 13.4. The summed E-state index contributed by atoms with van der Waals surface area (Å²) in [7, 11) is 0. The van der Waals surface area contributed by atoms with Gasteiger partial charge in [-0.15, -0.1) is 0 Å². The molecule has 0 spiro atoms. The van der Waals surface area contributed by atoms with Crippen LogP contribution in [-0.2, 0) is 6.61 Å². The summed E-state index contributed by atoms with van der Waals surface area (Å²) in [4.78, 5) is 20.4. The minimum Gasteiger partial charge on any atom is -0.488 e. The van der Waals surface area contributed by atoms with E-state index in [2.05, 4.69) is 0 Å². The van der Waals surface area contributed by atoms with E-state index in [1.807, 2.05) is 0 Å². The highest BCUT2D eigenvalue weighted by atomic mass is 19.1. The lowest BCUT2D eigenvalue weighted by Gasteiger charge is -2.08. The summed E-state index contributed by atoms with van der Waals surface area (Å²) < 4.78 is 31.7. The van der Waals surface area contributed by atoms with Crippen molar-refractivity contribution in [1.29, 1.82) is 0 Å². The summed E-state index contributed by atoms with van der Waals surface area (Å²) in [6, 6.07) is 6.76. The number of ether oxygens (including phenoxy) is 1. The number of aldehydes is 1. The molecule has 2 aromatic carbocycles. The summed E-state index contributed by atoms with van der Waals surface area (Å²) in [6.07, 6.45) is 0.439. The SMILES string of the molecule is O=Cc1cc(F)ccc1OCc1ccc([N+](=O)[O-])c(F)c1. The zero-order chi connectivity index (χ0) is 15.4. The molecule has 108 valence electrons. The molecule has 0 bridgehead atoms. The second-order valence-corrected chi connectivity index (χ2v) is 4.13. The molecule has 0 heterocycles. The molecule has 0 N–H and O–H groups in total. The zero-order valence-corrected chi connectivity index (χ0v) is 10.6. The van der Waals surface area contributed by atoms with Gasteiger partial charge in [0.25, 0.3) is 0 Å². The van der Waals surface area contributed by atoms with Crippen molar-refractivity contribution in [2.75, 3.05) is 0 Å².